The Hall–Kier alpha value is -0.960. The molecule has 0 amide bonds. The molecule has 3 nitrogen and oxygen atoms in total. The summed E-state index contributed by atoms with van der Waals surface area (Å²) in [5, 5.41) is 0. The summed E-state index contributed by atoms with van der Waals surface area (Å²) in [6, 6.07) is 0. The fourth-order valence-corrected chi connectivity index (χ4v) is 1.52. The van der Waals surface area contributed by atoms with Crippen LogP contribution in [0.4, 0.5) is 0 Å². The molecule has 1 unspecified atom stereocenters. The molecule has 1 rings (SSSR count). The van der Waals surface area contributed by atoms with Crippen LogP contribution in [0.25, 0.3) is 0 Å². The van der Waals surface area contributed by atoms with E-state index in [2.05, 4.69) is 35.9 Å². The molecule has 1 aromatic rings. The normalized spacial score (nSPS) is 11.9. The molecule has 0 fully saturated rings. The molecule has 0 N–H and O–H groups in total. The minimum Gasteiger partial charge on any atom is -0.309 e. The number of aromatic nitrogens is 2. The molecule has 0 bridgehead atoms. The van der Waals surface area contributed by atoms with Gasteiger partial charge in [-0.15, -0.1) is 0 Å². The average molecular weight is 223 g/mol. The van der Waals surface area contributed by atoms with E-state index < -0.39 is 0 Å². The highest BCUT2D eigenvalue weighted by Crippen LogP contribution is 2.18. The summed E-state index contributed by atoms with van der Waals surface area (Å²) in [6.45, 7) is 9.17. The van der Waals surface area contributed by atoms with Crippen molar-refractivity contribution < 1.29 is 0 Å². The van der Waals surface area contributed by atoms with Gasteiger partial charge in [0.2, 0.25) is 0 Å². The average Bonchev–Trinajstić information content (AvgIpc) is 2.29. The van der Waals surface area contributed by atoms with Crippen molar-refractivity contribution in [3.63, 3.8) is 0 Å². The number of nitrogens with zero attached hydrogens (tertiary/aromatic N) is 3. The molecule has 0 aliphatic rings. The third-order valence-electron chi connectivity index (χ3n) is 2.35. The molecule has 0 saturated carbocycles. The summed E-state index contributed by atoms with van der Waals surface area (Å²) < 4.78 is 0. The lowest BCUT2D eigenvalue weighted by atomic mass is 9.99. The first-order chi connectivity index (χ1) is 7.63. The molecule has 1 atom stereocenters. The molecule has 0 aliphatic carbocycles. The summed E-state index contributed by atoms with van der Waals surface area (Å²) in [7, 11) is 4.19. The van der Waals surface area contributed by atoms with Crippen molar-refractivity contribution in [1.29, 1.82) is 0 Å². The highest BCUT2D eigenvalue weighted by molar-refractivity contribution is 5.11. The Balaban J connectivity index is 0.00000106. The highest BCUT2D eigenvalue weighted by Gasteiger charge is 2.10. The van der Waals surface area contributed by atoms with Crippen molar-refractivity contribution in [2.45, 2.75) is 40.0 Å². The minimum atomic E-state index is 0.547. The van der Waals surface area contributed by atoms with E-state index in [0.717, 1.165) is 18.8 Å². The SMILES string of the molecule is CC.CCC(CN(C)C)c1cnc(C)nc1. The standard InChI is InChI=1S/C11H19N3.C2H6/c1-5-10(8-14(3)4)11-6-12-9(2)13-7-11;1-2/h6-7,10H,5,8H2,1-4H3;1-2H3. The Morgan fingerprint density at radius 3 is 2.06 bits per heavy atom. The molecule has 1 heterocycles. The Labute approximate surface area is 99.9 Å². The Kier molecular flexibility index (Phi) is 7.73. The molecule has 0 saturated heterocycles. The first-order valence-corrected chi connectivity index (χ1v) is 6.06. The van der Waals surface area contributed by atoms with Crippen molar-refractivity contribution in [2.24, 2.45) is 0 Å². The van der Waals surface area contributed by atoms with Crippen LogP contribution in [-0.2, 0) is 0 Å². The van der Waals surface area contributed by atoms with E-state index in [1.165, 1.54) is 5.56 Å². The number of hydrogen-bond donors (Lipinski definition) is 0. The molecule has 0 spiro atoms. The quantitative estimate of drug-likeness (QED) is 0.786. The predicted molar refractivity (Wildman–Crippen MR) is 69.7 cm³/mol. The van der Waals surface area contributed by atoms with Crippen LogP contribution in [0, 0.1) is 6.92 Å². The van der Waals surface area contributed by atoms with Crippen molar-refractivity contribution in [1.82, 2.24) is 14.9 Å². The molecule has 1 aromatic heterocycles. The van der Waals surface area contributed by atoms with E-state index in [1.54, 1.807) is 0 Å². The lowest BCUT2D eigenvalue weighted by molar-refractivity contribution is 0.367. The van der Waals surface area contributed by atoms with Crippen LogP contribution in [0.1, 0.15) is 44.5 Å². The van der Waals surface area contributed by atoms with Gasteiger partial charge in [-0.25, -0.2) is 9.97 Å². The molecule has 0 radical (unpaired) electrons. The van der Waals surface area contributed by atoms with Crippen LogP contribution in [-0.4, -0.2) is 35.5 Å². The minimum absolute atomic E-state index is 0.547. The second kappa shape index (κ2) is 8.22. The van der Waals surface area contributed by atoms with Gasteiger partial charge in [0.25, 0.3) is 0 Å². The van der Waals surface area contributed by atoms with Crippen LogP contribution in [0.2, 0.25) is 0 Å². The van der Waals surface area contributed by atoms with Crippen LogP contribution in [0.15, 0.2) is 12.4 Å². The first-order valence-electron chi connectivity index (χ1n) is 6.06. The maximum absolute atomic E-state index is 4.23. The second-order valence-electron chi connectivity index (χ2n) is 3.93. The van der Waals surface area contributed by atoms with Gasteiger partial charge in [-0.3, -0.25) is 0 Å². The molecular weight excluding hydrogens is 198 g/mol. The van der Waals surface area contributed by atoms with Crippen molar-refractivity contribution >= 4 is 0 Å². The lowest BCUT2D eigenvalue weighted by Gasteiger charge is -2.19. The first kappa shape index (κ1) is 15.0. The van der Waals surface area contributed by atoms with Gasteiger partial charge in [-0.1, -0.05) is 20.8 Å². The molecule has 0 aliphatic heterocycles. The number of rotatable bonds is 4. The van der Waals surface area contributed by atoms with Gasteiger partial charge in [-0.05, 0) is 38.9 Å². The number of hydrogen-bond acceptors (Lipinski definition) is 3. The smallest absolute Gasteiger partial charge is 0.125 e. The molecule has 16 heavy (non-hydrogen) atoms. The highest BCUT2D eigenvalue weighted by atomic mass is 15.1. The lowest BCUT2D eigenvalue weighted by Crippen LogP contribution is -2.20. The summed E-state index contributed by atoms with van der Waals surface area (Å²) in [6.07, 6.45) is 5.02. The van der Waals surface area contributed by atoms with Gasteiger partial charge in [0.05, 0.1) is 0 Å². The van der Waals surface area contributed by atoms with Gasteiger partial charge >= 0.3 is 0 Å². The van der Waals surface area contributed by atoms with Crippen LogP contribution in [0.5, 0.6) is 0 Å². The fourth-order valence-electron chi connectivity index (χ4n) is 1.52. The largest absolute Gasteiger partial charge is 0.309 e. The Morgan fingerprint density at radius 2 is 1.69 bits per heavy atom. The van der Waals surface area contributed by atoms with Gasteiger partial charge in [0.15, 0.2) is 0 Å². The van der Waals surface area contributed by atoms with E-state index in [9.17, 15) is 0 Å². The molecule has 92 valence electrons. The van der Waals surface area contributed by atoms with Crippen LogP contribution >= 0.6 is 0 Å². The summed E-state index contributed by atoms with van der Waals surface area (Å²) in [5.74, 6) is 1.39. The van der Waals surface area contributed by atoms with Gasteiger partial charge in [-0.2, -0.15) is 0 Å². The topological polar surface area (TPSA) is 29.0 Å². The molecular formula is C13H25N3. The maximum atomic E-state index is 4.23. The van der Waals surface area contributed by atoms with E-state index in [0.29, 0.717) is 5.92 Å². The van der Waals surface area contributed by atoms with Crippen LogP contribution in [0.3, 0.4) is 0 Å². The van der Waals surface area contributed by atoms with E-state index in [4.69, 9.17) is 0 Å². The second-order valence-corrected chi connectivity index (χ2v) is 3.93. The summed E-state index contributed by atoms with van der Waals surface area (Å²) >= 11 is 0. The third-order valence-corrected chi connectivity index (χ3v) is 2.35. The summed E-state index contributed by atoms with van der Waals surface area (Å²) in [5.41, 5.74) is 1.24. The zero-order valence-electron chi connectivity index (χ0n) is 11.5. The maximum Gasteiger partial charge on any atom is 0.125 e. The van der Waals surface area contributed by atoms with Gasteiger partial charge < -0.3 is 4.90 Å². The number of aryl methyl sites for hydroxylation is 1. The monoisotopic (exact) mass is 223 g/mol. The van der Waals surface area contributed by atoms with E-state index in [-0.39, 0.29) is 0 Å². The molecule has 3 heteroatoms. The van der Waals surface area contributed by atoms with Crippen LogP contribution < -0.4 is 0 Å². The van der Waals surface area contributed by atoms with E-state index in [1.807, 2.05) is 33.2 Å². The van der Waals surface area contributed by atoms with Crippen molar-refractivity contribution in [2.75, 3.05) is 20.6 Å². The summed E-state index contributed by atoms with van der Waals surface area (Å²) in [4.78, 5) is 10.7. The van der Waals surface area contributed by atoms with Crippen molar-refractivity contribution in [3.8, 4) is 0 Å². The zero-order chi connectivity index (χ0) is 12.6. The molecule has 0 aromatic carbocycles. The zero-order valence-corrected chi connectivity index (χ0v) is 11.5. The Bertz CT molecular complexity index is 267. The van der Waals surface area contributed by atoms with E-state index >= 15 is 0 Å². The Morgan fingerprint density at radius 1 is 1.19 bits per heavy atom. The van der Waals surface area contributed by atoms with Gasteiger partial charge in [0, 0.05) is 18.9 Å². The van der Waals surface area contributed by atoms with Gasteiger partial charge in [0.1, 0.15) is 5.82 Å². The third kappa shape index (κ3) is 5.21. The fraction of sp³-hybridized carbons (Fsp3) is 0.692. The number of likely N-dealkylation sites (N-methyl/N-ethyl adjacent to an activating group) is 1. The predicted octanol–water partition coefficient (Wildman–Crippen LogP) is 2.87. The van der Waals surface area contributed by atoms with Crippen molar-refractivity contribution in [3.05, 3.63) is 23.8 Å².